The second-order valence-electron chi connectivity index (χ2n) is 4.32. The van der Waals surface area contributed by atoms with Crippen LogP contribution >= 0.6 is 0 Å². The summed E-state index contributed by atoms with van der Waals surface area (Å²) in [6.45, 7) is 6.53. The van der Waals surface area contributed by atoms with E-state index >= 15 is 0 Å². The van der Waals surface area contributed by atoms with Crippen LogP contribution in [0.2, 0.25) is 0 Å². The van der Waals surface area contributed by atoms with Gasteiger partial charge in [0, 0.05) is 36.6 Å². The van der Waals surface area contributed by atoms with Crippen molar-refractivity contribution in [1.82, 2.24) is 0 Å². The zero-order chi connectivity index (χ0) is 13.4. The van der Waals surface area contributed by atoms with Gasteiger partial charge in [-0.25, -0.2) is 0 Å². The molecule has 1 rings (SSSR count). The number of hydrogen-bond donors (Lipinski definition) is 2. The Bertz CT molecular complexity index is 350. The Kier molecular flexibility index (Phi) is 6.36. The van der Waals surface area contributed by atoms with Crippen molar-refractivity contribution in [2.75, 3.05) is 36.9 Å². The molecule has 0 aliphatic rings. The number of anilines is 2. The van der Waals surface area contributed by atoms with Gasteiger partial charge in [-0.2, -0.15) is 0 Å². The molecule has 0 atom stereocenters. The van der Waals surface area contributed by atoms with Gasteiger partial charge in [-0.05, 0) is 18.9 Å². The van der Waals surface area contributed by atoms with Crippen LogP contribution in [-0.4, -0.2) is 31.4 Å². The fourth-order valence-electron chi connectivity index (χ4n) is 1.85. The summed E-state index contributed by atoms with van der Waals surface area (Å²) in [4.78, 5) is 2.12. The fraction of sp³-hybridized carbons (Fsp3) is 0.571. The van der Waals surface area contributed by atoms with E-state index in [2.05, 4.69) is 18.7 Å². The molecule has 0 amide bonds. The highest BCUT2D eigenvalue weighted by Crippen LogP contribution is 2.25. The Hall–Kier alpha value is -1.42. The minimum atomic E-state index is 0.139. The number of nitrogen functional groups attached to an aromatic ring is 1. The van der Waals surface area contributed by atoms with E-state index in [0.29, 0.717) is 18.8 Å². The molecule has 102 valence electrons. The number of benzene rings is 1. The number of aliphatic hydroxyl groups is 1. The van der Waals surface area contributed by atoms with E-state index < -0.39 is 0 Å². The molecule has 0 spiro atoms. The van der Waals surface area contributed by atoms with E-state index in [1.54, 1.807) is 0 Å². The highest BCUT2D eigenvalue weighted by molar-refractivity contribution is 5.60. The van der Waals surface area contributed by atoms with Crippen molar-refractivity contribution in [3.8, 4) is 5.75 Å². The van der Waals surface area contributed by atoms with E-state index in [1.807, 2.05) is 18.2 Å². The Labute approximate surface area is 109 Å². The van der Waals surface area contributed by atoms with Gasteiger partial charge in [0.15, 0.2) is 0 Å². The molecule has 0 fully saturated rings. The molecule has 3 N–H and O–H groups in total. The summed E-state index contributed by atoms with van der Waals surface area (Å²) in [7, 11) is 0. The number of aliphatic hydroxyl groups excluding tert-OH is 1. The molecule has 1 aromatic rings. The van der Waals surface area contributed by atoms with Crippen molar-refractivity contribution < 1.29 is 9.84 Å². The number of rotatable bonds is 8. The molecule has 0 bridgehead atoms. The monoisotopic (exact) mass is 252 g/mol. The number of hydrogen-bond acceptors (Lipinski definition) is 4. The van der Waals surface area contributed by atoms with Gasteiger partial charge >= 0.3 is 0 Å². The number of nitrogens with two attached hydrogens (primary N) is 1. The predicted octanol–water partition coefficient (Wildman–Crippen LogP) is 2.27. The van der Waals surface area contributed by atoms with E-state index in [4.69, 9.17) is 15.6 Å². The third-order valence-corrected chi connectivity index (χ3v) is 2.62. The van der Waals surface area contributed by atoms with Crippen molar-refractivity contribution in [3.05, 3.63) is 18.2 Å². The van der Waals surface area contributed by atoms with Crippen LogP contribution in [0.25, 0.3) is 0 Å². The SMILES string of the molecule is CCCOc1cc(N)cc(N(CCC)CCO)c1. The predicted molar refractivity (Wildman–Crippen MR) is 76.2 cm³/mol. The summed E-state index contributed by atoms with van der Waals surface area (Å²) in [6, 6.07) is 5.74. The Morgan fingerprint density at radius 2 is 1.94 bits per heavy atom. The molecule has 0 aliphatic heterocycles. The lowest BCUT2D eigenvalue weighted by atomic mass is 10.2. The molecular formula is C14H24N2O2. The van der Waals surface area contributed by atoms with Crippen molar-refractivity contribution in [1.29, 1.82) is 0 Å². The summed E-state index contributed by atoms with van der Waals surface area (Å²) >= 11 is 0. The minimum Gasteiger partial charge on any atom is -0.493 e. The third-order valence-electron chi connectivity index (χ3n) is 2.62. The first-order valence-corrected chi connectivity index (χ1v) is 6.60. The lowest BCUT2D eigenvalue weighted by molar-refractivity contribution is 0.301. The highest BCUT2D eigenvalue weighted by Gasteiger charge is 2.07. The molecule has 0 saturated heterocycles. The normalized spacial score (nSPS) is 10.4. The molecule has 0 radical (unpaired) electrons. The van der Waals surface area contributed by atoms with Gasteiger partial charge in [-0.15, -0.1) is 0 Å². The molecule has 0 saturated carbocycles. The van der Waals surface area contributed by atoms with Crippen LogP contribution < -0.4 is 15.4 Å². The first-order chi connectivity index (χ1) is 8.71. The summed E-state index contributed by atoms with van der Waals surface area (Å²) in [6.07, 6.45) is 2.00. The van der Waals surface area contributed by atoms with Crippen LogP contribution in [0, 0.1) is 0 Å². The average molecular weight is 252 g/mol. The minimum absolute atomic E-state index is 0.139. The fourth-order valence-corrected chi connectivity index (χ4v) is 1.85. The first-order valence-electron chi connectivity index (χ1n) is 6.60. The summed E-state index contributed by atoms with van der Waals surface area (Å²) in [5.74, 6) is 0.797. The van der Waals surface area contributed by atoms with Gasteiger partial charge in [-0.1, -0.05) is 13.8 Å². The van der Waals surface area contributed by atoms with Gasteiger partial charge in [0.25, 0.3) is 0 Å². The van der Waals surface area contributed by atoms with Crippen LogP contribution in [0.4, 0.5) is 11.4 Å². The average Bonchev–Trinajstić information content (AvgIpc) is 2.35. The van der Waals surface area contributed by atoms with Crippen LogP contribution in [0.15, 0.2) is 18.2 Å². The molecule has 18 heavy (non-hydrogen) atoms. The largest absolute Gasteiger partial charge is 0.493 e. The number of ether oxygens (including phenoxy) is 1. The van der Waals surface area contributed by atoms with Crippen molar-refractivity contribution >= 4 is 11.4 Å². The maximum atomic E-state index is 9.10. The van der Waals surface area contributed by atoms with Gasteiger partial charge in [0.2, 0.25) is 0 Å². The Balaban J connectivity index is 2.87. The van der Waals surface area contributed by atoms with Gasteiger partial charge < -0.3 is 20.5 Å². The van der Waals surface area contributed by atoms with Crippen LogP contribution in [0.3, 0.4) is 0 Å². The smallest absolute Gasteiger partial charge is 0.123 e. The zero-order valence-corrected chi connectivity index (χ0v) is 11.4. The van der Waals surface area contributed by atoms with E-state index in [-0.39, 0.29) is 6.61 Å². The topological polar surface area (TPSA) is 58.7 Å². The molecule has 4 heteroatoms. The molecular weight excluding hydrogens is 228 g/mol. The molecule has 4 nitrogen and oxygen atoms in total. The van der Waals surface area contributed by atoms with Gasteiger partial charge in [0.05, 0.1) is 13.2 Å². The summed E-state index contributed by atoms with van der Waals surface area (Å²) < 4.78 is 5.61. The third kappa shape index (κ3) is 4.45. The second kappa shape index (κ2) is 7.82. The standard InChI is InChI=1S/C14H24N2O2/c1-3-5-16(6-7-17)13-9-12(15)10-14(11-13)18-8-4-2/h9-11,17H,3-8,15H2,1-2H3. The lowest BCUT2D eigenvalue weighted by Crippen LogP contribution is -2.27. The van der Waals surface area contributed by atoms with E-state index in [9.17, 15) is 0 Å². The molecule has 1 aromatic carbocycles. The van der Waals surface area contributed by atoms with Gasteiger partial charge in [0.1, 0.15) is 5.75 Å². The van der Waals surface area contributed by atoms with Crippen molar-refractivity contribution in [3.63, 3.8) is 0 Å². The lowest BCUT2D eigenvalue weighted by Gasteiger charge is -2.24. The maximum absolute atomic E-state index is 9.10. The molecule has 0 unspecified atom stereocenters. The quantitative estimate of drug-likeness (QED) is 0.697. The molecule has 0 aliphatic carbocycles. The van der Waals surface area contributed by atoms with Crippen LogP contribution in [0.5, 0.6) is 5.75 Å². The molecule has 0 heterocycles. The van der Waals surface area contributed by atoms with E-state index in [0.717, 1.165) is 30.8 Å². The zero-order valence-electron chi connectivity index (χ0n) is 11.4. The van der Waals surface area contributed by atoms with Crippen molar-refractivity contribution in [2.24, 2.45) is 0 Å². The maximum Gasteiger partial charge on any atom is 0.123 e. The van der Waals surface area contributed by atoms with Crippen LogP contribution in [-0.2, 0) is 0 Å². The summed E-state index contributed by atoms with van der Waals surface area (Å²) in [5.41, 5.74) is 7.60. The van der Waals surface area contributed by atoms with Crippen molar-refractivity contribution in [2.45, 2.75) is 26.7 Å². The second-order valence-corrected chi connectivity index (χ2v) is 4.32. The van der Waals surface area contributed by atoms with Gasteiger partial charge in [-0.3, -0.25) is 0 Å². The highest BCUT2D eigenvalue weighted by atomic mass is 16.5. The Morgan fingerprint density at radius 3 is 2.56 bits per heavy atom. The summed E-state index contributed by atoms with van der Waals surface area (Å²) in [5, 5.41) is 9.10. The van der Waals surface area contributed by atoms with E-state index in [1.165, 1.54) is 0 Å². The van der Waals surface area contributed by atoms with Crippen LogP contribution in [0.1, 0.15) is 26.7 Å². The first kappa shape index (κ1) is 14.6. The molecule has 0 aromatic heterocycles. The number of nitrogens with zero attached hydrogens (tertiary/aromatic N) is 1. The Morgan fingerprint density at radius 1 is 1.17 bits per heavy atom.